The van der Waals surface area contributed by atoms with Gasteiger partial charge >= 0.3 is 0 Å². The van der Waals surface area contributed by atoms with Gasteiger partial charge < -0.3 is 9.47 Å². The standard InChI is InChI=1S/C16H23NO2.ClH/c1-4-11-7-8-13-12-6-5-9-17(2)14(12)10-19-16(13)15(11)18-3;/h7-8,12,14H,4-6,9-10H2,1-3H3;1H/t12-,14-;/m1./s1. The van der Waals surface area contributed by atoms with E-state index in [1.807, 2.05) is 0 Å². The number of hydrogen-bond acceptors (Lipinski definition) is 3. The summed E-state index contributed by atoms with van der Waals surface area (Å²) in [6.45, 7) is 4.13. The second-order valence-corrected chi connectivity index (χ2v) is 5.64. The Morgan fingerprint density at radius 1 is 1.40 bits per heavy atom. The Morgan fingerprint density at radius 3 is 2.90 bits per heavy atom. The highest BCUT2D eigenvalue weighted by Crippen LogP contribution is 2.46. The molecule has 1 saturated heterocycles. The van der Waals surface area contributed by atoms with Crippen LogP contribution in [0.25, 0.3) is 0 Å². The second-order valence-electron chi connectivity index (χ2n) is 5.64. The summed E-state index contributed by atoms with van der Waals surface area (Å²) in [6.07, 6.45) is 3.52. The molecule has 2 atom stereocenters. The number of methoxy groups -OCH3 is 1. The lowest BCUT2D eigenvalue weighted by atomic mass is 9.81. The molecule has 4 heteroatoms. The minimum atomic E-state index is 0. The van der Waals surface area contributed by atoms with E-state index >= 15 is 0 Å². The summed E-state index contributed by atoms with van der Waals surface area (Å²) >= 11 is 0. The molecule has 1 fully saturated rings. The summed E-state index contributed by atoms with van der Waals surface area (Å²) in [4.78, 5) is 2.44. The van der Waals surface area contributed by atoms with Crippen molar-refractivity contribution in [3.05, 3.63) is 23.3 Å². The Kier molecular flexibility index (Phi) is 4.82. The molecular weight excluding hydrogens is 274 g/mol. The van der Waals surface area contributed by atoms with Crippen LogP contribution in [-0.4, -0.2) is 38.3 Å². The molecule has 0 N–H and O–H groups in total. The number of nitrogens with zero attached hydrogens (tertiary/aromatic N) is 1. The Hall–Kier alpha value is -0.930. The second kappa shape index (κ2) is 6.23. The highest BCUT2D eigenvalue weighted by molar-refractivity contribution is 5.85. The molecule has 3 nitrogen and oxygen atoms in total. The number of hydrogen-bond donors (Lipinski definition) is 0. The molecule has 1 aromatic carbocycles. The molecule has 2 heterocycles. The number of ether oxygens (including phenoxy) is 2. The Bertz CT molecular complexity index is 478. The normalized spacial score (nSPS) is 24.9. The number of aryl methyl sites for hydroxylation is 1. The van der Waals surface area contributed by atoms with Crippen molar-refractivity contribution >= 4 is 12.4 Å². The maximum Gasteiger partial charge on any atom is 0.165 e. The van der Waals surface area contributed by atoms with Crippen molar-refractivity contribution in [3.8, 4) is 11.5 Å². The maximum atomic E-state index is 6.06. The fourth-order valence-corrected chi connectivity index (χ4v) is 3.56. The van der Waals surface area contributed by atoms with Crippen molar-refractivity contribution in [2.24, 2.45) is 0 Å². The molecule has 20 heavy (non-hydrogen) atoms. The predicted octanol–water partition coefficient (Wildman–Crippen LogP) is 3.25. The van der Waals surface area contributed by atoms with Gasteiger partial charge in [-0.2, -0.15) is 0 Å². The quantitative estimate of drug-likeness (QED) is 0.836. The van der Waals surface area contributed by atoms with Crippen molar-refractivity contribution in [1.29, 1.82) is 0 Å². The minimum Gasteiger partial charge on any atom is -0.493 e. The van der Waals surface area contributed by atoms with Gasteiger partial charge in [-0.15, -0.1) is 12.4 Å². The average molecular weight is 298 g/mol. The van der Waals surface area contributed by atoms with Crippen molar-refractivity contribution in [2.75, 3.05) is 27.3 Å². The number of halogens is 1. The predicted molar refractivity (Wildman–Crippen MR) is 83.5 cm³/mol. The van der Waals surface area contributed by atoms with Crippen LogP contribution in [0, 0.1) is 0 Å². The lowest BCUT2D eigenvalue weighted by Gasteiger charge is -2.43. The number of benzene rings is 1. The minimum absolute atomic E-state index is 0. The Labute approximate surface area is 127 Å². The monoisotopic (exact) mass is 297 g/mol. The number of piperidine rings is 1. The highest BCUT2D eigenvalue weighted by Gasteiger charge is 2.37. The third-order valence-electron chi connectivity index (χ3n) is 4.66. The van der Waals surface area contributed by atoms with Crippen LogP contribution in [0.2, 0.25) is 0 Å². The first-order chi connectivity index (χ1) is 9.26. The van der Waals surface area contributed by atoms with Gasteiger partial charge in [0.1, 0.15) is 6.61 Å². The molecule has 0 spiro atoms. The Morgan fingerprint density at radius 2 is 2.20 bits per heavy atom. The molecule has 1 aromatic rings. The number of fused-ring (bicyclic) bond motifs is 3. The van der Waals surface area contributed by atoms with Gasteiger partial charge in [-0.25, -0.2) is 0 Å². The maximum absolute atomic E-state index is 6.06. The summed E-state index contributed by atoms with van der Waals surface area (Å²) < 4.78 is 11.7. The molecule has 0 unspecified atom stereocenters. The molecule has 0 bridgehead atoms. The van der Waals surface area contributed by atoms with Crippen LogP contribution in [0.5, 0.6) is 11.5 Å². The third kappa shape index (κ3) is 2.38. The van der Waals surface area contributed by atoms with Crippen LogP contribution in [0.1, 0.15) is 36.8 Å². The Balaban J connectivity index is 0.00000147. The van der Waals surface area contributed by atoms with E-state index in [9.17, 15) is 0 Å². The van der Waals surface area contributed by atoms with Crippen molar-refractivity contribution < 1.29 is 9.47 Å². The fraction of sp³-hybridized carbons (Fsp3) is 0.625. The molecule has 0 amide bonds. The van der Waals surface area contributed by atoms with E-state index in [1.165, 1.54) is 30.5 Å². The number of likely N-dealkylation sites (tertiary alicyclic amines) is 1. The number of likely N-dealkylation sites (N-methyl/N-ethyl adjacent to an activating group) is 1. The van der Waals surface area contributed by atoms with Gasteiger partial charge in [0, 0.05) is 11.5 Å². The van der Waals surface area contributed by atoms with E-state index in [0.29, 0.717) is 12.0 Å². The molecule has 2 aliphatic rings. The number of rotatable bonds is 2. The van der Waals surface area contributed by atoms with Crippen LogP contribution in [0.4, 0.5) is 0 Å². The molecule has 2 aliphatic heterocycles. The first-order valence-corrected chi connectivity index (χ1v) is 7.29. The van der Waals surface area contributed by atoms with Gasteiger partial charge in [-0.1, -0.05) is 19.1 Å². The lowest BCUT2D eigenvalue weighted by Crippen LogP contribution is -2.47. The first-order valence-electron chi connectivity index (χ1n) is 7.29. The molecule has 0 saturated carbocycles. The summed E-state index contributed by atoms with van der Waals surface area (Å²) in [6, 6.07) is 4.99. The molecule has 0 aromatic heterocycles. The zero-order valence-electron chi connectivity index (χ0n) is 12.5. The summed E-state index contributed by atoms with van der Waals surface area (Å²) in [5, 5.41) is 0. The summed E-state index contributed by atoms with van der Waals surface area (Å²) in [5.41, 5.74) is 2.58. The van der Waals surface area contributed by atoms with Crippen molar-refractivity contribution in [1.82, 2.24) is 4.90 Å². The SMILES string of the molecule is CCc1ccc2c(c1OC)OC[C@@H]1[C@@H]2CCCN1C.Cl. The average Bonchev–Trinajstić information content (AvgIpc) is 2.45. The summed E-state index contributed by atoms with van der Waals surface area (Å²) in [5.74, 6) is 2.55. The smallest absolute Gasteiger partial charge is 0.165 e. The van der Waals surface area contributed by atoms with Gasteiger partial charge in [0.05, 0.1) is 13.2 Å². The van der Waals surface area contributed by atoms with E-state index in [-0.39, 0.29) is 12.4 Å². The van der Waals surface area contributed by atoms with E-state index < -0.39 is 0 Å². The zero-order chi connectivity index (χ0) is 13.4. The van der Waals surface area contributed by atoms with Gasteiger partial charge in [-0.05, 0) is 38.4 Å². The van der Waals surface area contributed by atoms with Crippen LogP contribution in [-0.2, 0) is 6.42 Å². The van der Waals surface area contributed by atoms with E-state index in [1.54, 1.807) is 7.11 Å². The first kappa shape index (κ1) is 15.5. The molecule has 0 aliphatic carbocycles. The van der Waals surface area contributed by atoms with Gasteiger partial charge in [0.2, 0.25) is 0 Å². The van der Waals surface area contributed by atoms with Crippen LogP contribution >= 0.6 is 12.4 Å². The third-order valence-corrected chi connectivity index (χ3v) is 4.66. The van der Waals surface area contributed by atoms with E-state index in [4.69, 9.17) is 9.47 Å². The molecule has 3 rings (SSSR count). The lowest BCUT2D eigenvalue weighted by molar-refractivity contribution is 0.0846. The zero-order valence-corrected chi connectivity index (χ0v) is 13.3. The van der Waals surface area contributed by atoms with E-state index in [2.05, 4.69) is 31.0 Å². The highest BCUT2D eigenvalue weighted by atomic mass is 35.5. The molecular formula is C16H24ClNO2. The molecule has 0 radical (unpaired) electrons. The van der Waals surface area contributed by atoms with Gasteiger partial charge in [0.25, 0.3) is 0 Å². The summed E-state index contributed by atoms with van der Waals surface area (Å²) in [7, 11) is 3.96. The van der Waals surface area contributed by atoms with Crippen molar-refractivity contribution in [3.63, 3.8) is 0 Å². The molecule has 112 valence electrons. The van der Waals surface area contributed by atoms with Crippen LogP contribution < -0.4 is 9.47 Å². The largest absolute Gasteiger partial charge is 0.493 e. The van der Waals surface area contributed by atoms with Crippen LogP contribution in [0.15, 0.2) is 12.1 Å². The van der Waals surface area contributed by atoms with E-state index in [0.717, 1.165) is 24.5 Å². The van der Waals surface area contributed by atoms with Crippen LogP contribution in [0.3, 0.4) is 0 Å². The van der Waals surface area contributed by atoms with Crippen molar-refractivity contribution in [2.45, 2.75) is 38.1 Å². The van der Waals surface area contributed by atoms with Gasteiger partial charge in [0.15, 0.2) is 11.5 Å². The topological polar surface area (TPSA) is 21.7 Å². The fourth-order valence-electron chi connectivity index (χ4n) is 3.56. The van der Waals surface area contributed by atoms with Gasteiger partial charge in [-0.3, -0.25) is 4.90 Å².